The largest absolute Gasteiger partial charge is 0.481 e. The lowest BCUT2D eigenvalue weighted by molar-refractivity contribution is -0.148. The van der Waals surface area contributed by atoms with E-state index in [9.17, 15) is 18.7 Å². The minimum absolute atomic E-state index is 0.103. The zero-order chi connectivity index (χ0) is 22.0. The predicted molar refractivity (Wildman–Crippen MR) is 112 cm³/mol. The van der Waals surface area contributed by atoms with E-state index in [4.69, 9.17) is 0 Å². The first-order valence-electron chi connectivity index (χ1n) is 10.7. The van der Waals surface area contributed by atoms with Crippen molar-refractivity contribution in [1.29, 1.82) is 0 Å². The van der Waals surface area contributed by atoms with Crippen molar-refractivity contribution in [3.8, 4) is 11.4 Å². The molecule has 4 aromatic rings. The second-order valence-electron chi connectivity index (χ2n) is 8.70. The summed E-state index contributed by atoms with van der Waals surface area (Å²) in [5, 5.41) is 18.1. The lowest BCUT2D eigenvalue weighted by Gasteiger charge is -2.47. The number of H-pyrrole nitrogens is 1. The van der Waals surface area contributed by atoms with E-state index in [2.05, 4.69) is 25.4 Å². The molecule has 0 spiro atoms. The van der Waals surface area contributed by atoms with Crippen LogP contribution >= 0.6 is 0 Å². The molecule has 0 aromatic carbocycles. The molecule has 0 saturated heterocycles. The van der Waals surface area contributed by atoms with E-state index in [0.717, 1.165) is 31.9 Å². The minimum atomic E-state index is -0.837. The van der Waals surface area contributed by atoms with Gasteiger partial charge in [-0.25, -0.2) is 23.3 Å². The monoisotopic (exact) mass is 438 g/mol. The van der Waals surface area contributed by atoms with Crippen LogP contribution in [0.3, 0.4) is 0 Å². The molecule has 3 aliphatic rings. The van der Waals surface area contributed by atoms with E-state index in [0.29, 0.717) is 16.6 Å². The minimum Gasteiger partial charge on any atom is -0.481 e. The third kappa shape index (κ3) is 2.85. The fourth-order valence-electron chi connectivity index (χ4n) is 5.54. The van der Waals surface area contributed by atoms with Crippen molar-refractivity contribution in [3.63, 3.8) is 0 Å². The van der Waals surface area contributed by atoms with Crippen molar-refractivity contribution >= 4 is 28.3 Å². The molecule has 3 fully saturated rings. The van der Waals surface area contributed by atoms with Crippen LogP contribution in [0, 0.1) is 29.4 Å². The highest BCUT2D eigenvalue weighted by Crippen LogP contribution is 2.46. The third-order valence-corrected chi connectivity index (χ3v) is 7.01. The van der Waals surface area contributed by atoms with Crippen molar-refractivity contribution in [2.24, 2.45) is 17.8 Å². The number of nitrogens with zero attached hydrogens (tertiary/aromatic N) is 4. The molecular weight excluding hydrogens is 418 g/mol. The molecule has 2 bridgehead atoms. The Hall–Kier alpha value is -3.56. The Bertz CT molecular complexity index is 1360. The number of carbonyl (C=O) groups is 1. The van der Waals surface area contributed by atoms with Gasteiger partial charge < -0.3 is 15.4 Å². The summed E-state index contributed by atoms with van der Waals surface area (Å²) in [5.74, 6) is -1.61. The maximum absolute atomic E-state index is 14.7. The molecule has 0 radical (unpaired) electrons. The fraction of sp³-hybridized carbons (Fsp3) is 0.364. The first kappa shape index (κ1) is 19.1. The highest BCUT2D eigenvalue weighted by molar-refractivity contribution is 5.92. The number of fused-ring (bicyclic) bond motifs is 5. The summed E-state index contributed by atoms with van der Waals surface area (Å²) in [6.07, 6.45) is 7.91. The van der Waals surface area contributed by atoms with Gasteiger partial charge in [0.1, 0.15) is 17.0 Å². The topological polar surface area (TPSA) is 108 Å². The normalized spacial score (nSPS) is 24.9. The molecule has 2 atom stereocenters. The molecule has 3 saturated carbocycles. The van der Waals surface area contributed by atoms with Crippen LogP contribution in [0.4, 0.5) is 14.6 Å². The van der Waals surface area contributed by atoms with Crippen LogP contribution in [0.1, 0.15) is 25.7 Å². The van der Waals surface area contributed by atoms with Crippen molar-refractivity contribution in [3.05, 3.63) is 42.4 Å². The number of carboxylic acid groups (broad SMARTS) is 1. The van der Waals surface area contributed by atoms with Gasteiger partial charge >= 0.3 is 5.97 Å². The summed E-state index contributed by atoms with van der Waals surface area (Å²) in [6, 6.07) is 2.28. The quantitative estimate of drug-likeness (QED) is 0.447. The van der Waals surface area contributed by atoms with Crippen LogP contribution in [0.15, 0.2) is 30.7 Å². The van der Waals surface area contributed by atoms with Gasteiger partial charge in [0.2, 0.25) is 0 Å². The molecule has 0 unspecified atom stereocenters. The maximum atomic E-state index is 14.7. The Labute approximate surface area is 180 Å². The SMILES string of the molecule is O=C(O)[C@H]1C2CCC(CC2)[C@@H]1Nc1nc(-c2c[nH]c3ncc(F)cc23)nn2ccc(F)c12. The van der Waals surface area contributed by atoms with Crippen molar-refractivity contribution in [2.45, 2.75) is 31.7 Å². The molecule has 0 aliphatic heterocycles. The third-order valence-electron chi connectivity index (χ3n) is 7.01. The zero-order valence-electron chi connectivity index (χ0n) is 16.9. The number of pyridine rings is 1. The Balaban J connectivity index is 1.48. The van der Waals surface area contributed by atoms with Gasteiger partial charge in [-0.15, -0.1) is 5.10 Å². The second-order valence-corrected chi connectivity index (χ2v) is 8.70. The molecular formula is C22H20F2N6O2. The maximum Gasteiger partial charge on any atom is 0.308 e. The second kappa shape index (κ2) is 6.98. The summed E-state index contributed by atoms with van der Waals surface area (Å²) in [5.41, 5.74) is 1.16. The number of hydrogen-bond acceptors (Lipinski definition) is 5. The van der Waals surface area contributed by atoms with Gasteiger partial charge in [-0.2, -0.15) is 0 Å². The Kier molecular flexibility index (Phi) is 4.17. The summed E-state index contributed by atoms with van der Waals surface area (Å²) in [4.78, 5) is 23.6. The van der Waals surface area contributed by atoms with Crippen molar-refractivity contribution < 1.29 is 18.7 Å². The highest BCUT2D eigenvalue weighted by Gasteiger charge is 2.47. The predicted octanol–water partition coefficient (Wildman–Crippen LogP) is 3.85. The summed E-state index contributed by atoms with van der Waals surface area (Å²) in [7, 11) is 0. The molecule has 164 valence electrons. The van der Waals surface area contributed by atoms with Crippen LogP contribution in [0.5, 0.6) is 0 Å². The Morgan fingerprint density at radius 1 is 1.22 bits per heavy atom. The molecule has 32 heavy (non-hydrogen) atoms. The molecule has 3 aliphatic carbocycles. The molecule has 0 amide bonds. The first-order valence-corrected chi connectivity index (χ1v) is 10.7. The summed E-state index contributed by atoms with van der Waals surface area (Å²) >= 11 is 0. The number of aliphatic carboxylic acids is 1. The number of aromatic nitrogens is 5. The van der Waals surface area contributed by atoms with E-state index in [-0.39, 0.29) is 35.0 Å². The number of nitrogens with one attached hydrogen (secondary N) is 2. The molecule has 10 heteroatoms. The van der Waals surface area contributed by atoms with E-state index < -0.39 is 23.5 Å². The van der Waals surface area contributed by atoms with Gasteiger partial charge in [-0.3, -0.25) is 4.79 Å². The molecule has 4 heterocycles. The number of carboxylic acids is 1. The van der Waals surface area contributed by atoms with E-state index in [1.807, 2.05) is 0 Å². The van der Waals surface area contributed by atoms with Gasteiger partial charge in [0.15, 0.2) is 17.5 Å². The number of rotatable bonds is 4. The van der Waals surface area contributed by atoms with Gasteiger partial charge in [0.25, 0.3) is 0 Å². The lowest BCUT2D eigenvalue weighted by Crippen LogP contribution is -2.51. The number of hydrogen-bond donors (Lipinski definition) is 3. The van der Waals surface area contributed by atoms with Gasteiger partial charge in [-0.1, -0.05) is 0 Å². The molecule has 8 nitrogen and oxygen atoms in total. The van der Waals surface area contributed by atoms with Crippen molar-refractivity contribution in [1.82, 2.24) is 24.6 Å². The standard InChI is InChI=1S/C22H20F2N6O2/c23-12-7-13-14(9-26-19(13)25-8-12)20-28-21(18-15(24)5-6-30(18)29-20)27-17-11-3-1-10(2-4-11)16(17)22(31)32/h5-11,16-17H,1-4H2,(H,25,26)(H,31,32)(H,27,28,29)/t10?,11?,16-,17-/m0/s1. The summed E-state index contributed by atoms with van der Waals surface area (Å²) < 4.78 is 29.9. The fourth-order valence-corrected chi connectivity index (χ4v) is 5.54. The average Bonchev–Trinajstić information content (AvgIpc) is 3.37. The van der Waals surface area contributed by atoms with Gasteiger partial charge in [-0.05, 0) is 49.7 Å². The Morgan fingerprint density at radius 2 is 2.00 bits per heavy atom. The first-order chi connectivity index (χ1) is 15.5. The van der Waals surface area contributed by atoms with E-state index in [1.54, 1.807) is 6.20 Å². The van der Waals surface area contributed by atoms with Gasteiger partial charge in [0.05, 0.1) is 12.1 Å². The number of anilines is 1. The Morgan fingerprint density at radius 3 is 2.78 bits per heavy atom. The molecule has 4 aromatic heterocycles. The number of halogens is 2. The average molecular weight is 438 g/mol. The van der Waals surface area contributed by atoms with Crippen LogP contribution in [-0.4, -0.2) is 41.7 Å². The van der Waals surface area contributed by atoms with Gasteiger partial charge in [0, 0.05) is 29.4 Å². The smallest absolute Gasteiger partial charge is 0.308 e. The zero-order valence-corrected chi connectivity index (χ0v) is 16.9. The van der Waals surface area contributed by atoms with Crippen LogP contribution < -0.4 is 5.32 Å². The van der Waals surface area contributed by atoms with E-state index in [1.165, 1.54) is 22.8 Å². The number of aromatic amines is 1. The lowest BCUT2D eigenvalue weighted by atomic mass is 9.61. The van der Waals surface area contributed by atoms with Crippen LogP contribution in [0.2, 0.25) is 0 Å². The molecule has 3 N–H and O–H groups in total. The van der Waals surface area contributed by atoms with E-state index >= 15 is 0 Å². The molecule has 7 rings (SSSR count). The van der Waals surface area contributed by atoms with Crippen molar-refractivity contribution in [2.75, 3.05) is 5.32 Å². The summed E-state index contributed by atoms with van der Waals surface area (Å²) in [6.45, 7) is 0. The highest BCUT2D eigenvalue weighted by atomic mass is 19.1. The van der Waals surface area contributed by atoms with Crippen LogP contribution in [-0.2, 0) is 4.79 Å². The van der Waals surface area contributed by atoms with Crippen LogP contribution in [0.25, 0.3) is 27.9 Å².